The standard InChI is InChI=1S/C17H17ClN2O4/c1-20(2)17(24)13-12(18)8-11(14(21)15(13)22)9-19-16(23)10-6-4-3-5-7-10/h3-8,21-22H,9H2,1-2H3,(H,19,23). The fourth-order valence-corrected chi connectivity index (χ4v) is 2.41. The fourth-order valence-electron chi connectivity index (χ4n) is 2.11. The number of halogens is 1. The molecule has 126 valence electrons. The summed E-state index contributed by atoms with van der Waals surface area (Å²) < 4.78 is 0. The molecule has 0 heterocycles. The highest BCUT2D eigenvalue weighted by Crippen LogP contribution is 2.38. The Morgan fingerprint density at radius 1 is 1.12 bits per heavy atom. The van der Waals surface area contributed by atoms with Crippen molar-refractivity contribution in [3.63, 3.8) is 0 Å². The summed E-state index contributed by atoms with van der Waals surface area (Å²) in [6, 6.07) is 9.91. The van der Waals surface area contributed by atoms with E-state index < -0.39 is 17.4 Å². The summed E-state index contributed by atoms with van der Waals surface area (Å²) >= 11 is 6.05. The molecule has 0 spiro atoms. The molecule has 0 radical (unpaired) electrons. The molecule has 0 aliphatic heterocycles. The van der Waals surface area contributed by atoms with Crippen molar-refractivity contribution in [1.29, 1.82) is 0 Å². The maximum atomic E-state index is 12.0. The van der Waals surface area contributed by atoms with Crippen LogP contribution in [0, 0.1) is 0 Å². The first kappa shape index (κ1) is 17.6. The Labute approximate surface area is 144 Å². The van der Waals surface area contributed by atoms with E-state index in [1.54, 1.807) is 30.3 Å². The van der Waals surface area contributed by atoms with Crippen molar-refractivity contribution >= 4 is 23.4 Å². The highest BCUT2D eigenvalue weighted by Gasteiger charge is 2.23. The minimum atomic E-state index is -0.606. The van der Waals surface area contributed by atoms with Gasteiger partial charge in [-0.25, -0.2) is 0 Å². The molecule has 2 amide bonds. The Hall–Kier alpha value is -2.73. The highest BCUT2D eigenvalue weighted by molar-refractivity contribution is 6.34. The van der Waals surface area contributed by atoms with E-state index in [1.165, 1.54) is 25.1 Å². The topological polar surface area (TPSA) is 89.9 Å². The largest absolute Gasteiger partial charge is 0.504 e. The van der Waals surface area contributed by atoms with Gasteiger partial charge >= 0.3 is 0 Å². The molecule has 2 rings (SSSR count). The monoisotopic (exact) mass is 348 g/mol. The van der Waals surface area contributed by atoms with Crippen LogP contribution < -0.4 is 5.32 Å². The van der Waals surface area contributed by atoms with E-state index in [0.717, 1.165) is 0 Å². The molecule has 0 unspecified atom stereocenters. The van der Waals surface area contributed by atoms with E-state index in [9.17, 15) is 19.8 Å². The summed E-state index contributed by atoms with van der Waals surface area (Å²) in [5.41, 5.74) is 0.487. The average Bonchev–Trinajstić information content (AvgIpc) is 2.57. The number of phenols is 2. The molecule has 0 saturated heterocycles. The second kappa shape index (κ2) is 7.23. The number of nitrogens with one attached hydrogen (secondary N) is 1. The van der Waals surface area contributed by atoms with Crippen molar-refractivity contribution in [3.8, 4) is 11.5 Å². The van der Waals surface area contributed by atoms with Crippen LogP contribution in [-0.4, -0.2) is 41.0 Å². The Kier molecular flexibility index (Phi) is 5.31. The zero-order valence-corrected chi connectivity index (χ0v) is 14.0. The minimum absolute atomic E-state index is 0.00652. The number of benzene rings is 2. The van der Waals surface area contributed by atoms with Crippen molar-refractivity contribution in [1.82, 2.24) is 10.2 Å². The lowest BCUT2D eigenvalue weighted by atomic mass is 10.1. The van der Waals surface area contributed by atoms with Gasteiger partial charge in [-0.15, -0.1) is 0 Å². The number of carbonyl (C=O) groups is 2. The summed E-state index contributed by atoms with van der Waals surface area (Å²) in [7, 11) is 3.01. The van der Waals surface area contributed by atoms with Crippen molar-refractivity contribution in [2.24, 2.45) is 0 Å². The van der Waals surface area contributed by atoms with E-state index in [0.29, 0.717) is 5.56 Å². The molecule has 2 aromatic rings. The van der Waals surface area contributed by atoms with Crippen molar-refractivity contribution in [3.05, 3.63) is 58.1 Å². The van der Waals surface area contributed by atoms with Gasteiger partial charge in [-0.1, -0.05) is 29.8 Å². The molecule has 24 heavy (non-hydrogen) atoms. The zero-order chi connectivity index (χ0) is 17.9. The van der Waals surface area contributed by atoms with Gasteiger partial charge in [0.05, 0.1) is 5.02 Å². The van der Waals surface area contributed by atoms with Crippen LogP contribution in [-0.2, 0) is 6.54 Å². The van der Waals surface area contributed by atoms with Gasteiger partial charge in [-0.05, 0) is 18.2 Å². The molecule has 0 aliphatic carbocycles. The van der Waals surface area contributed by atoms with Crippen LogP contribution in [0.2, 0.25) is 5.02 Å². The van der Waals surface area contributed by atoms with E-state index >= 15 is 0 Å². The lowest BCUT2D eigenvalue weighted by molar-refractivity contribution is 0.0823. The van der Waals surface area contributed by atoms with Gasteiger partial charge in [0.2, 0.25) is 0 Å². The Bertz CT molecular complexity index is 776. The molecule has 7 heteroatoms. The number of amides is 2. The Morgan fingerprint density at radius 3 is 2.33 bits per heavy atom. The third kappa shape index (κ3) is 3.60. The third-order valence-electron chi connectivity index (χ3n) is 3.40. The second-order valence-corrected chi connectivity index (χ2v) is 5.75. The van der Waals surface area contributed by atoms with Crippen LogP contribution in [0.3, 0.4) is 0 Å². The molecule has 0 bridgehead atoms. The first-order valence-corrected chi connectivity index (χ1v) is 7.49. The lowest BCUT2D eigenvalue weighted by Crippen LogP contribution is -2.24. The normalized spacial score (nSPS) is 10.3. The van der Waals surface area contributed by atoms with Gasteiger partial charge in [-0.3, -0.25) is 9.59 Å². The summed E-state index contributed by atoms with van der Waals surface area (Å²) in [6.07, 6.45) is 0. The van der Waals surface area contributed by atoms with Crippen LogP contribution in [0.15, 0.2) is 36.4 Å². The maximum absolute atomic E-state index is 12.0. The van der Waals surface area contributed by atoms with Crippen LogP contribution in [0.1, 0.15) is 26.3 Å². The summed E-state index contributed by atoms with van der Waals surface area (Å²) in [5.74, 6) is -1.96. The van der Waals surface area contributed by atoms with E-state index in [4.69, 9.17) is 11.6 Å². The molecule has 0 aliphatic rings. The fraction of sp³-hybridized carbons (Fsp3) is 0.176. The van der Waals surface area contributed by atoms with Crippen LogP contribution in [0.25, 0.3) is 0 Å². The van der Waals surface area contributed by atoms with Gasteiger partial charge in [0.15, 0.2) is 11.5 Å². The summed E-state index contributed by atoms with van der Waals surface area (Å²) in [4.78, 5) is 25.2. The van der Waals surface area contributed by atoms with Gasteiger partial charge < -0.3 is 20.4 Å². The Balaban J connectivity index is 2.23. The van der Waals surface area contributed by atoms with Gasteiger partial charge in [0.1, 0.15) is 5.56 Å². The minimum Gasteiger partial charge on any atom is -0.504 e. The van der Waals surface area contributed by atoms with E-state index in [2.05, 4.69) is 5.32 Å². The number of nitrogens with zero attached hydrogens (tertiary/aromatic N) is 1. The van der Waals surface area contributed by atoms with Crippen LogP contribution >= 0.6 is 11.6 Å². The molecule has 3 N–H and O–H groups in total. The summed E-state index contributed by atoms with van der Waals surface area (Å²) in [6.45, 7) is -0.0523. The first-order valence-electron chi connectivity index (χ1n) is 7.11. The molecule has 0 aromatic heterocycles. The molecule has 6 nitrogen and oxygen atoms in total. The number of hydrogen-bond acceptors (Lipinski definition) is 4. The van der Waals surface area contributed by atoms with E-state index in [1.807, 2.05) is 0 Å². The third-order valence-corrected chi connectivity index (χ3v) is 3.70. The molecule has 2 aromatic carbocycles. The number of aromatic hydroxyl groups is 2. The highest BCUT2D eigenvalue weighted by atomic mass is 35.5. The predicted molar refractivity (Wildman–Crippen MR) is 90.4 cm³/mol. The molecule has 0 saturated carbocycles. The average molecular weight is 349 g/mol. The first-order chi connectivity index (χ1) is 11.3. The van der Waals surface area contributed by atoms with Gasteiger partial charge in [-0.2, -0.15) is 0 Å². The second-order valence-electron chi connectivity index (χ2n) is 5.34. The van der Waals surface area contributed by atoms with Gasteiger partial charge in [0, 0.05) is 31.8 Å². The number of phenolic OH excluding ortho intramolecular Hbond substituents is 2. The van der Waals surface area contributed by atoms with Crippen LogP contribution in [0.5, 0.6) is 11.5 Å². The molecular formula is C17H17ClN2O4. The lowest BCUT2D eigenvalue weighted by Gasteiger charge is -2.16. The van der Waals surface area contributed by atoms with Gasteiger partial charge in [0.25, 0.3) is 11.8 Å². The number of carbonyl (C=O) groups excluding carboxylic acids is 2. The van der Waals surface area contributed by atoms with Crippen molar-refractivity contribution in [2.75, 3.05) is 14.1 Å². The smallest absolute Gasteiger partial charge is 0.258 e. The molecular weight excluding hydrogens is 332 g/mol. The van der Waals surface area contributed by atoms with Crippen molar-refractivity contribution in [2.45, 2.75) is 6.54 Å². The quantitative estimate of drug-likeness (QED) is 0.740. The SMILES string of the molecule is CN(C)C(=O)c1c(Cl)cc(CNC(=O)c2ccccc2)c(O)c1O. The predicted octanol–water partition coefficient (Wildman–Crippen LogP) is 2.38. The number of rotatable bonds is 4. The van der Waals surface area contributed by atoms with Crippen molar-refractivity contribution < 1.29 is 19.8 Å². The maximum Gasteiger partial charge on any atom is 0.258 e. The zero-order valence-electron chi connectivity index (χ0n) is 13.2. The van der Waals surface area contributed by atoms with Crippen LogP contribution in [0.4, 0.5) is 0 Å². The Morgan fingerprint density at radius 2 is 1.75 bits per heavy atom. The summed E-state index contributed by atoms with van der Waals surface area (Å²) in [5, 5.41) is 22.8. The molecule has 0 fully saturated rings. The molecule has 0 atom stereocenters. The van der Waals surface area contributed by atoms with E-state index in [-0.39, 0.29) is 28.6 Å². The number of hydrogen-bond donors (Lipinski definition) is 3.